The molecule has 0 spiro atoms. The number of likely N-dealkylation sites (tertiary alicyclic amines) is 1. The van der Waals surface area contributed by atoms with Crippen LogP contribution in [-0.2, 0) is 17.8 Å². The third-order valence-corrected chi connectivity index (χ3v) is 5.98. The van der Waals surface area contributed by atoms with Gasteiger partial charge in [-0.25, -0.2) is 9.50 Å². The predicted molar refractivity (Wildman–Crippen MR) is 109 cm³/mol. The van der Waals surface area contributed by atoms with Crippen LogP contribution in [0.25, 0.3) is 5.65 Å². The van der Waals surface area contributed by atoms with Crippen LogP contribution in [0, 0.1) is 19.3 Å². The number of aliphatic carboxylic acids is 1. The van der Waals surface area contributed by atoms with Gasteiger partial charge in [0.2, 0.25) is 0 Å². The van der Waals surface area contributed by atoms with Gasteiger partial charge in [-0.15, -0.1) is 0 Å². The van der Waals surface area contributed by atoms with Crippen LogP contribution in [0.2, 0.25) is 0 Å². The molecule has 0 amide bonds. The van der Waals surface area contributed by atoms with Gasteiger partial charge in [-0.1, -0.05) is 30.3 Å². The number of carboxylic acid groups (broad SMARTS) is 1. The van der Waals surface area contributed by atoms with Crippen LogP contribution in [-0.4, -0.2) is 54.9 Å². The minimum Gasteiger partial charge on any atom is -0.481 e. The SMILES string of the molecule is Cc1cc(C)n2ncc(CN3CC[C@](Cc4ccccc4)(C(=O)O)[C@@H](O)C3)c2n1. The first kappa shape index (κ1) is 19.5. The van der Waals surface area contributed by atoms with Crippen molar-refractivity contribution in [3.8, 4) is 0 Å². The highest BCUT2D eigenvalue weighted by Crippen LogP contribution is 2.36. The topological polar surface area (TPSA) is 91.0 Å². The van der Waals surface area contributed by atoms with Crippen molar-refractivity contribution >= 4 is 11.6 Å². The number of aryl methyl sites for hydroxylation is 2. The lowest BCUT2D eigenvalue weighted by molar-refractivity contribution is -0.163. The van der Waals surface area contributed by atoms with Crippen molar-refractivity contribution in [3.05, 3.63) is 65.1 Å². The van der Waals surface area contributed by atoms with Crippen LogP contribution in [0.15, 0.2) is 42.6 Å². The molecule has 4 rings (SSSR count). The number of piperidine rings is 1. The van der Waals surface area contributed by atoms with E-state index < -0.39 is 17.5 Å². The number of aliphatic hydroxyl groups excluding tert-OH is 1. The number of nitrogens with zero attached hydrogens (tertiary/aromatic N) is 4. The second-order valence-electron chi connectivity index (χ2n) is 8.07. The minimum absolute atomic E-state index is 0.307. The summed E-state index contributed by atoms with van der Waals surface area (Å²) in [5.41, 5.74) is 3.52. The summed E-state index contributed by atoms with van der Waals surface area (Å²) in [6.45, 7) is 5.43. The summed E-state index contributed by atoms with van der Waals surface area (Å²) in [5, 5.41) is 25.3. The maximum atomic E-state index is 12.2. The maximum absolute atomic E-state index is 12.2. The number of aromatic nitrogens is 3. The van der Waals surface area contributed by atoms with E-state index in [9.17, 15) is 15.0 Å². The number of fused-ring (bicyclic) bond motifs is 1. The second kappa shape index (κ2) is 7.57. The van der Waals surface area contributed by atoms with Gasteiger partial charge in [0.15, 0.2) is 5.65 Å². The lowest BCUT2D eigenvalue weighted by atomic mass is 9.71. The van der Waals surface area contributed by atoms with Crippen molar-refractivity contribution in [1.82, 2.24) is 19.5 Å². The first-order valence-electron chi connectivity index (χ1n) is 9.88. The van der Waals surface area contributed by atoms with Crippen molar-refractivity contribution in [2.45, 2.75) is 39.3 Å². The van der Waals surface area contributed by atoms with Crippen LogP contribution < -0.4 is 0 Å². The summed E-state index contributed by atoms with van der Waals surface area (Å²) >= 11 is 0. The summed E-state index contributed by atoms with van der Waals surface area (Å²) in [6, 6.07) is 11.5. The number of β-amino-alcohol motifs (C(OH)–C–C–N with tert-alkyl or cyclic N) is 1. The second-order valence-corrected chi connectivity index (χ2v) is 8.07. The molecule has 1 saturated heterocycles. The third-order valence-electron chi connectivity index (χ3n) is 5.98. The molecule has 152 valence electrons. The van der Waals surface area contributed by atoms with Gasteiger partial charge in [0.05, 0.1) is 12.3 Å². The molecule has 1 fully saturated rings. The van der Waals surface area contributed by atoms with Crippen molar-refractivity contribution in [3.63, 3.8) is 0 Å². The van der Waals surface area contributed by atoms with E-state index in [4.69, 9.17) is 0 Å². The number of benzene rings is 1. The highest BCUT2D eigenvalue weighted by atomic mass is 16.4. The lowest BCUT2D eigenvalue weighted by Crippen LogP contribution is -2.55. The zero-order valence-electron chi connectivity index (χ0n) is 16.7. The normalized spacial score (nSPS) is 22.8. The fourth-order valence-corrected chi connectivity index (χ4v) is 4.34. The van der Waals surface area contributed by atoms with E-state index in [0.717, 1.165) is 28.2 Å². The Labute approximate surface area is 169 Å². The van der Waals surface area contributed by atoms with E-state index in [2.05, 4.69) is 15.0 Å². The van der Waals surface area contributed by atoms with Crippen LogP contribution >= 0.6 is 0 Å². The van der Waals surface area contributed by atoms with E-state index >= 15 is 0 Å². The molecule has 1 aliphatic rings. The van der Waals surface area contributed by atoms with Crippen LogP contribution in [0.4, 0.5) is 0 Å². The largest absolute Gasteiger partial charge is 0.481 e. The van der Waals surface area contributed by atoms with Crippen LogP contribution in [0.5, 0.6) is 0 Å². The predicted octanol–water partition coefficient (Wildman–Crippen LogP) is 2.23. The zero-order valence-corrected chi connectivity index (χ0v) is 16.7. The van der Waals surface area contributed by atoms with Gasteiger partial charge >= 0.3 is 5.97 Å². The summed E-state index contributed by atoms with van der Waals surface area (Å²) in [6.07, 6.45) is 1.58. The molecule has 3 aromatic rings. The number of rotatable bonds is 5. The minimum atomic E-state index is -1.16. The van der Waals surface area contributed by atoms with Gasteiger partial charge in [0.25, 0.3) is 0 Å². The highest BCUT2D eigenvalue weighted by molar-refractivity contribution is 5.76. The Morgan fingerprint density at radius 3 is 2.72 bits per heavy atom. The average molecular weight is 394 g/mol. The van der Waals surface area contributed by atoms with Crippen molar-refractivity contribution in [1.29, 1.82) is 0 Å². The van der Waals surface area contributed by atoms with Crippen molar-refractivity contribution < 1.29 is 15.0 Å². The van der Waals surface area contributed by atoms with E-state index in [1.807, 2.05) is 61.0 Å². The molecule has 7 nitrogen and oxygen atoms in total. The first-order valence-corrected chi connectivity index (χ1v) is 9.88. The number of carboxylic acids is 1. The molecule has 0 radical (unpaired) electrons. The Hall–Kier alpha value is -2.77. The molecule has 3 heterocycles. The summed E-state index contributed by atoms with van der Waals surface area (Å²) in [4.78, 5) is 18.9. The Kier molecular flexibility index (Phi) is 5.10. The molecule has 0 saturated carbocycles. The first-order chi connectivity index (χ1) is 13.9. The fourth-order valence-electron chi connectivity index (χ4n) is 4.34. The zero-order chi connectivity index (χ0) is 20.6. The Balaban J connectivity index is 1.53. The molecule has 2 N–H and O–H groups in total. The highest BCUT2D eigenvalue weighted by Gasteiger charge is 2.48. The quantitative estimate of drug-likeness (QED) is 0.690. The lowest BCUT2D eigenvalue weighted by Gasteiger charge is -2.42. The maximum Gasteiger partial charge on any atom is 0.312 e. The monoisotopic (exact) mass is 394 g/mol. The van der Waals surface area contributed by atoms with E-state index in [1.165, 1.54) is 0 Å². The molecule has 29 heavy (non-hydrogen) atoms. The van der Waals surface area contributed by atoms with Crippen LogP contribution in [0.1, 0.15) is 28.9 Å². The van der Waals surface area contributed by atoms with Gasteiger partial charge in [-0.05, 0) is 44.9 Å². The number of hydrogen-bond donors (Lipinski definition) is 2. The number of aliphatic hydroxyl groups is 1. The fraction of sp³-hybridized carbons (Fsp3) is 0.409. The average Bonchev–Trinajstić information content (AvgIpc) is 3.07. The van der Waals surface area contributed by atoms with Crippen molar-refractivity contribution in [2.24, 2.45) is 5.41 Å². The van der Waals surface area contributed by atoms with E-state index in [-0.39, 0.29) is 0 Å². The van der Waals surface area contributed by atoms with Gasteiger partial charge in [-0.2, -0.15) is 5.10 Å². The Bertz CT molecular complexity index is 1030. The smallest absolute Gasteiger partial charge is 0.312 e. The molecule has 1 aliphatic heterocycles. The molecule has 0 bridgehead atoms. The summed E-state index contributed by atoms with van der Waals surface area (Å²) in [5.74, 6) is -0.933. The molecule has 1 aromatic carbocycles. The Morgan fingerprint density at radius 1 is 1.28 bits per heavy atom. The standard InChI is InChI=1S/C22H26N4O3/c1-15-10-16(2)26-20(24-15)18(12-23-26)13-25-9-8-22(21(28)29,19(27)14-25)11-17-6-4-3-5-7-17/h3-7,10,12,19,27H,8-9,11,13-14H2,1-2H3,(H,28,29)/t19-,22+/m0/s1. The van der Waals surface area contributed by atoms with Gasteiger partial charge in [-0.3, -0.25) is 9.69 Å². The molecule has 7 heteroatoms. The van der Waals surface area contributed by atoms with Gasteiger partial charge in [0, 0.05) is 30.0 Å². The van der Waals surface area contributed by atoms with Crippen LogP contribution in [0.3, 0.4) is 0 Å². The summed E-state index contributed by atoms with van der Waals surface area (Å²) in [7, 11) is 0. The van der Waals surface area contributed by atoms with Crippen molar-refractivity contribution in [2.75, 3.05) is 13.1 Å². The van der Waals surface area contributed by atoms with Gasteiger partial charge < -0.3 is 10.2 Å². The molecular weight excluding hydrogens is 368 g/mol. The van der Waals surface area contributed by atoms with E-state index in [0.29, 0.717) is 32.5 Å². The van der Waals surface area contributed by atoms with Gasteiger partial charge in [0.1, 0.15) is 5.41 Å². The molecule has 0 unspecified atom stereocenters. The number of hydrogen-bond acceptors (Lipinski definition) is 5. The Morgan fingerprint density at radius 2 is 2.03 bits per heavy atom. The molecule has 2 atom stereocenters. The molecular formula is C22H26N4O3. The number of carbonyl (C=O) groups is 1. The third kappa shape index (κ3) is 3.63. The van der Waals surface area contributed by atoms with E-state index in [1.54, 1.807) is 0 Å². The molecule has 2 aromatic heterocycles. The molecule has 0 aliphatic carbocycles. The summed E-state index contributed by atoms with van der Waals surface area (Å²) < 4.78 is 1.82.